The summed E-state index contributed by atoms with van der Waals surface area (Å²) in [5.41, 5.74) is -7.51. The SMILES string of the molecule is O=C(Nc1ccc(N([O-])O)cc1)NC(C(F)(F)F)(C(F)(F)F)C(F)(F)F. The average molecular weight is 400 g/mol. The van der Waals surface area contributed by atoms with Crippen LogP contribution in [0.3, 0.4) is 0 Å². The lowest BCUT2D eigenvalue weighted by molar-refractivity contribution is -0.386. The molecule has 0 fully saturated rings. The zero-order valence-corrected chi connectivity index (χ0v) is 11.9. The van der Waals surface area contributed by atoms with E-state index in [9.17, 15) is 49.5 Å². The second kappa shape index (κ2) is 6.71. The molecule has 1 aromatic carbocycles. The molecular formula is C11H7F9N3O3-. The third-order valence-electron chi connectivity index (χ3n) is 2.92. The Balaban J connectivity index is 3.18. The van der Waals surface area contributed by atoms with Gasteiger partial charge in [0.15, 0.2) is 0 Å². The lowest BCUT2D eigenvalue weighted by Gasteiger charge is -2.38. The summed E-state index contributed by atoms with van der Waals surface area (Å²) >= 11 is 0. The lowest BCUT2D eigenvalue weighted by Crippen LogP contribution is -2.75. The highest BCUT2D eigenvalue weighted by Gasteiger charge is 2.84. The Morgan fingerprint density at radius 2 is 1.27 bits per heavy atom. The summed E-state index contributed by atoms with van der Waals surface area (Å²) in [6, 6.07) is 0.534. The van der Waals surface area contributed by atoms with Crippen LogP contribution in [0.1, 0.15) is 0 Å². The van der Waals surface area contributed by atoms with Crippen molar-refractivity contribution in [3.05, 3.63) is 29.5 Å². The first-order valence-corrected chi connectivity index (χ1v) is 6.08. The molecule has 0 aliphatic heterocycles. The number of halogens is 9. The first-order chi connectivity index (χ1) is 11.5. The van der Waals surface area contributed by atoms with Gasteiger partial charge in [-0.1, -0.05) is 0 Å². The van der Waals surface area contributed by atoms with Crippen LogP contribution in [0.5, 0.6) is 0 Å². The Labute approximate surface area is 137 Å². The van der Waals surface area contributed by atoms with Crippen molar-refractivity contribution >= 4 is 17.4 Å². The van der Waals surface area contributed by atoms with Gasteiger partial charge in [0.05, 0.1) is 5.69 Å². The number of carbonyl (C=O) groups is 1. The fourth-order valence-corrected chi connectivity index (χ4v) is 1.70. The number of alkyl halides is 9. The first-order valence-electron chi connectivity index (χ1n) is 6.08. The fraction of sp³-hybridized carbons (Fsp3) is 0.364. The van der Waals surface area contributed by atoms with E-state index in [4.69, 9.17) is 5.21 Å². The normalized spacial score (nSPS) is 13.3. The highest BCUT2D eigenvalue weighted by atomic mass is 19.4. The van der Waals surface area contributed by atoms with E-state index in [0.717, 1.165) is 24.3 Å². The van der Waals surface area contributed by atoms with Crippen LogP contribution < -0.4 is 15.9 Å². The van der Waals surface area contributed by atoms with Gasteiger partial charge in [0.25, 0.3) is 0 Å². The molecule has 6 nitrogen and oxygen atoms in total. The van der Waals surface area contributed by atoms with Gasteiger partial charge in [-0.3, -0.25) is 5.21 Å². The van der Waals surface area contributed by atoms with Gasteiger partial charge in [0.2, 0.25) is 0 Å². The summed E-state index contributed by atoms with van der Waals surface area (Å²) < 4.78 is 114. The van der Waals surface area contributed by atoms with Crippen molar-refractivity contribution in [3.63, 3.8) is 0 Å². The highest BCUT2D eigenvalue weighted by Crippen LogP contribution is 2.52. The topological polar surface area (TPSA) is 87.7 Å². The number of hydrogen-bond donors (Lipinski definition) is 3. The van der Waals surface area contributed by atoms with Gasteiger partial charge < -0.3 is 21.1 Å². The number of hydrogen-bond acceptors (Lipinski definition) is 4. The van der Waals surface area contributed by atoms with Gasteiger partial charge >= 0.3 is 30.1 Å². The van der Waals surface area contributed by atoms with Crippen molar-refractivity contribution in [3.8, 4) is 0 Å². The van der Waals surface area contributed by atoms with Gasteiger partial charge in [-0.25, -0.2) is 4.79 Å². The van der Waals surface area contributed by atoms with Crippen molar-refractivity contribution in [2.24, 2.45) is 0 Å². The molecule has 0 aliphatic carbocycles. The minimum absolute atomic E-state index is 0.110. The molecule has 0 unspecified atom stereocenters. The van der Waals surface area contributed by atoms with Gasteiger partial charge in [0.1, 0.15) is 0 Å². The van der Waals surface area contributed by atoms with Crippen LogP contribution in [-0.4, -0.2) is 35.3 Å². The molecule has 2 amide bonds. The molecule has 15 heteroatoms. The van der Waals surface area contributed by atoms with E-state index < -0.39 is 46.7 Å². The molecule has 1 rings (SSSR count). The van der Waals surface area contributed by atoms with Crippen LogP contribution in [0, 0.1) is 5.21 Å². The maximum absolute atomic E-state index is 12.7. The summed E-state index contributed by atoms with van der Waals surface area (Å²) in [7, 11) is 0. The minimum atomic E-state index is -6.95. The molecule has 0 aromatic heterocycles. The van der Waals surface area contributed by atoms with E-state index in [2.05, 4.69) is 0 Å². The van der Waals surface area contributed by atoms with Crippen LogP contribution in [0.15, 0.2) is 24.3 Å². The third-order valence-corrected chi connectivity index (χ3v) is 2.92. The molecule has 0 aliphatic rings. The first kappa shape index (κ1) is 21.6. The molecule has 0 heterocycles. The molecule has 0 saturated carbocycles. The zero-order valence-electron chi connectivity index (χ0n) is 11.9. The summed E-state index contributed by atoms with van der Waals surface area (Å²) in [6.07, 6.45) is -20.9. The lowest BCUT2D eigenvalue weighted by atomic mass is 9.97. The Morgan fingerprint density at radius 1 is 0.885 bits per heavy atom. The number of urea groups is 1. The van der Waals surface area contributed by atoms with E-state index in [1.54, 1.807) is 0 Å². The van der Waals surface area contributed by atoms with Crippen molar-refractivity contribution < 1.29 is 49.5 Å². The number of carbonyl (C=O) groups excluding carboxylic acids is 1. The Bertz CT molecular complexity index is 601. The molecule has 1 aromatic rings. The van der Waals surface area contributed by atoms with Gasteiger partial charge in [-0.05, 0) is 24.3 Å². The third kappa shape index (κ3) is 4.04. The smallest absolute Gasteiger partial charge is 0.429 e. The predicted octanol–water partition coefficient (Wildman–Crippen LogP) is 3.93. The van der Waals surface area contributed by atoms with Crippen molar-refractivity contribution in [2.75, 3.05) is 10.5 Å². The molecule has 148 valence electrons. The number of anilines is 2. The Morgan fingerprint density at radius 3 is 1.58 bits per heavy atom. The van der Waals surface area contributed by atoms with E-state index in [0.29, 0.717) is 0 Å². The largest absolute Gasteiger partial charge is 0.733 e. The minimum Gasteiger partial charge on any atom is -0.733 e. The van der Waals surface area contributed by atoms with Gasteiger partial charge in [0, 0.05) is 5.69 Å². The summed E-state index contributed by atoms with van der Waals surface area (Å²) in [5, 5.41) is 19.6. The monoisotopic (exact) mass is 400 g/mol. The number of nitrogens with zero attached hydrogens (tertiary/aromatic N) is 1. The maximum Gasteiger partial charge on any atom is 0.429 e. The van der Waals surface area contributed by atoms with Crippen molar-refractivity contribution in [1.29, 1.82) is 0 Å². The van der Waals surface area contributed by atoms with Crippen LogP contribution in [0.25, 0.3) is 0 Å². The van der Waals surface area contributed by atoms with Crippen molar-refractivity contribution in [2.45, 2.75) is 24.1 Å². The average Bonchev–Trinajstić information content (AvgIpc) is 2.41. The zero-order chi connectivity index (χ0) is 20.6. The van der Waals surface area contributed by atoms with Crippen LogP contribution in [0.4, 0.5) is 55.7 Å². The van der Waals surface area contributed by atoms with Crippen LogP contribution in [-0.2, 0) is 0 Å². The standard InChI is InChI=1S/C11H7F9N3O3/c12-9(13,14)8(10(15,16)17,11(18,19)20)22-7(24)21-5-1-3-6(4-2-5)23(25)26/h1-4,25H,(H2,21,22,24)/q-1. The highest BCUT2D eigenvalue weighted by molar-refractivity contribution is 5.90. The summed E-state index contributed by atoms with van der Waals surface area (Å²) in [6.45, 7) is 0. The molecule has 0 spiro atoms. The predicted molar refractivity (Wildman–Crippen MR) is 67.1 cm³/mol. The maximum atomic E-state index is 12.7. The number of nitrogens with one attached hydrogen (secondary N) is 2. The summed E-state index contributed by atoms with van der Waals surface area (Å²) in [5.74, 6) is 0. The van der Waals surface area contributed by atoms with Gasteiger partial charge in [-0.15, -0.1) is 0 Å². The summed E-state index contributed by atoms with van der Waals surface area (Å²) in [4.78, 5) is 11.3. The molecule has 0 atom stereocenters. The van der Waals surface area contributed by atoms with E-state index >= 15 is 0 Å². The second-order valence-corrected chi connectivity index (χ2v) is 4.64. The molecule has 0 saturated heterocycles. The Hall–Kier alpha value is -2.42. The quantitative estimate of drug-likeness (QED) is 0.530. The van der Waals surface area contributed by atoms with E-state index in [1.807, 2.05) is 0 Å². The van der Waals surface area contributed by atoms with Crippen molar-refractivity contribution in [1.82, 2.24) is 5.32 Å². The van der Waals surface area contributed by atoms with E-state index in [1.165, 1.54) is 5.32 Å². The van der Waals surface area contributed by atoms with Crippen LogP contribution in [0.2, 0.25) is 0 Å². The Kier molecular flexibility index (Phi) is 5.58. The van der Waals surface area contributed by atoms with Gasteiger partial charge in [-0.2, -0.15) is 39.5 Å². The number of benzene rings is 1. The molecule has 0 bridgehead atoms. The van der Waals surface area contributed by atoms with E-state index in [-0.39, 0.29) is 5.32 Å². The number of amides is 2. The second-order valence-electron chi connectivity index (χ2n) is 4.64. The molecule has 3 N–H and O–H groups in total. The molecule has 26 heavy (non-hydrogen) atoms. The van der Waals surface area contributed by atoms with Crippen LogP contribution >= 0.6 is 0 Å². The fourth-order valence-electron chi connectivity index (χ4n) is 1.70. The molecular weight excluding hydrogens is 393 g/mol. The molecule has 0 radical (unpaired) electrons. The number of rotatable bonds is 3.